The van der Waals surface area contributed by atoms with Crippen LogP contribution in [0.4, 0.5) is 0 Å². The summed E-state index contributed by atoms with van der Waals surface area (Å²) in [4.78, 5) is 8.25. The van der Waals surface area contributed by atoms with Gasteiger partial charge in [-0.2, -0.15) is 0 Å². The van der Waals surface area contributed by atoms with Crippen LogP contribution in [-0.2, 0) is 0 Å². The number of hydrogen-bond donors (Lipinski definition) is 0. The van der Waals surface area contributed by atoms with E-state index in [2.05, 4.69) is 0 Å². The predicted molar refractivity (Wildman–Crippen MR) is 21.2 cm³/mol. The summed E-state index contributed by atoms with van der Waals surface area (Å²) < 4.78 is 0. The van der Waals surface area contributed by atoms with Gasteiger partial charge in [-0.15, -0.1) is 0 Å². The Hall–Kier alpha value is 0.275. The summed E-state index contributed by atoms with van der Waals surface area (Å²) in [7, 11) is 0. The van der Waals surface area contributed by atoms with Crippen LogP contribution >= 0.6 is 0 Å². The molecule has 1 radical (unpaired) electrons. The molecule has 8 heavy (non-hydrogen) atoms. The van der Waals surface area contributed by atoms with Crippen molar-refractivity contribution in [2.24, 2.45) is 0 Å². The average molecular weight is 255 g/mol. The molecule has 0 aliphatic heterocycles. The van der Waals surface area contributed by atoms with Gasteiger partial charge in [0.15, 0.2) is 0 Å². The molecule has 0 heterocycles. The summed E-state index contributed by atoms with van der Waals surface area (Å²) >= 11 is 0. The molecule has 0 aliphatic carbocycles. The molecule has 0 atom stereocenters. The number of nitrogens with zero attached hydrogens (tertiary/aromatic N) is 1. The van der Waals surface area contributed by atoms with Crippen LogP contribution in [0, 0.1) is 50.9 Å². The van der Waals surface area contributed by atoms with Crippen molar-refractivity contribution < 1.29 is 57.1 Å². The van der Waals surface area contributed by atoms with Crippen molar-refractivity contribution in [2.75, 3.05) is 0 Å². The maximum atomic E-state index is 8.25. The predicted octanol–water partition coefficient (Wildman–Crippen LogP) is -2.71. The SMILES string of the molecule is O.O.O.O=[N+]([O-])[O-].[La]. The first kappa shape index (κ1) is 40.8. The fourth-order valence-electron chi connectivity index (χ4n) is 0. The van der Waals surface area contributed by atoms with E-state index in [1.54, 1.807) is 0 Å². The molecular weight excluding hydrogens is 249 g/mol. The fourth-order valence-corrected chi connectivity index (χ4v) is 0. The summed E-state index contributed by atoms with van der Waals surface area (Å²) in [6.07, 6.45) is 0. The average Bonchev–Trinajstić information content (AvgIpc) is 0.811. The zero-order valence-electron chi connectivity index (χ0n) is 3.75. The summed E-state index contributed by atoms with van der Waals surface area (Å²) in [6.45, 7) is 0. The zero-order valence-corrected chi connectivity index (χ0v) is 7.38. The van der Waals surface area contributed by atoms with Gasteiger partial charge in [0.1, 0.15) is 0 Å². The van der Waals surface area contributed by atoms with Gasteiger partial charge in [-0.05, 0) is 0 Å². The van der Waals surface area contributed by atoms with Crippen molar-refractivity contribution in [2.45, 2.75) is 0 Å². The number of rotatable bonds is 0. The molecule has 0 saturated carbocycles. The fraction of sp³-hybridized carbons (Fsp3) is 0. The zero-order chi connectivity index (χ0) is 3.58. The molecule has 0 bridgehead atoms. The van der Waals surface area contributed by atoms with E-state index < -0.39 is 5.09 Å². The minimum Gasteiger partial charge on any atom is -0.412 e. The van der Waals surface area contributed by atoms with Gasteiger partial charge in [0, 0.05) is 35.6 Å². The molecule has 51 valence electrons. The smallest absolute Gasteiger partial charge is 0.0689 e. The normalized spacial score (nSPS) is 3.00. The molecule has 0 spiro atoms. The Morgan fingerprint density at radius 3 is 1.00 bits per heavy atom. The van der Waals surface area contributed by atoms with E-state index in [4.69, 9.17) is 15.3 Å². The summed E-state index contributed by atoms with van der Waals surface area (Å²) in [6, 6.07) is 0. The van der Waals surface area contributed by atoms with Crippen LogP contribution in [0.5, 0.6) is 0 Å². The minimum atomic E-state index is -1.75. The van der Waals surface area contributed by atoms with Crippen molar-refractivity contribution >= 4 is 0 Å². The minimum absolute atomic E-state index is 0. The standard InChI is InChI=1S/La.NO3.3H2O/c;2-1(3)4;;;/h;;3*1H2/q;-1;;;. The van der Waals surface area contributed by atoms with Gasteiger partial charge in [-0.3, -0.25) is 0 Å². The Kier molecular flexibility index (Phi) is 136. The van der Waals surface area contributed by atoms with Crippen molar-refractivity contribution in [3.63, 3.8) is 0 Å². The molecule has 0 unspecified atom stereocenters. The largest absolute Gasteiger partial charge is 0.412 e. The van der Waals surface area contributed by atoms with Gasteiger partial charge in [0.2, 0.25) is 0 Å². The second-order valence-corrected chi connectivity index (χ2v) is 0.224. The summed E-state index contributed by atoms with van der Waals surface area (Å²) in [5, 5.41) is 14.8. The van der Waals surface area contributed by atoms with Crippen molar-refractivity contribution in [3.8, 4) is 0 Å². The first-order valence-corrected chi connectivity index (χ1v) is 0.548. The first-order valence-electron chi connectivity index (χ1n) is 0.548. The van der Waals surface area contributed by atoms with Crippen LogP contribution in [0.25, 0.3) is 0 Å². The topological polar surface area (TPSA) is 161 Å². The molecule has 0 fully saturated rings. The second kappa shape index (κ2) is 26.7. The molecule has 0 aromatic rings. The monoisotopic (exact) mass is 255 g/mol. The molecule has 8 heteroatoms. The van der Waals surface area contributed by atoms with Gasteiger partial charge in [-0.25, -0.2) is 0 Å². The van der Waals surface area contributed by atoms with E-state index >= 15 is 0 Å². The van der Waals surface area contributed by atoms with E-state index in [1.165, 1.54) is 0 Å². The number of hydrogen-bond acceptors (Lipinski definition) is 3. The van der Waals surface area contributed by atoms with E-state index in [9.17, 15) is 0 Å². The van der Waals surface area contributed by atoms with Gasteiger partial charge >= 0.3 is 0 Å². The maximum absolute atomic E-state index is 8.25. The van der Waals surface area contributed by atoms with Crippen LogP contribution < -0.4 is 0 Å². The third kappa shape index (κ3) is 2310. The quantitative estimate of drug-likeness (QED) is 0.340. The van der Waals surface area contributed by atoms with Crippen LogP contribution in [0.2, 0.25) is 0 Å². The summed E-state index contributed by atoms with van der Waals surface area (Å²) in [5.74, 6) is 0. The van der Waals surface area contributed by atoms with Gasteiger partial charge < -0.3 is 31.8 Å². The van der Waals surface area contributed by atoms with Crippen LogP contribution in [0.1, 0.15) is 0 Å². The molecule has 7 nitrogen and oxygen atoms in total. The molecular formula is H6LaNO6-. The molecule has 6 N–H and O–H groups in total. The Bertz CT molecular complexity index is 31.5. The Morgan fingerprint density at radius 1 is 1.00 bits per heavy atom. The van der Waals surface area contributed by atoms with Crippen molar-refractivity contribution in [3.05, 3.63) is 15.3 Å². The Morgan fingerprint density at radius 2 is 1.00 bits per heavy atom. The molecule has 0 aromatic heterocycles. The maximum Gasteiger partial charge on any atom is 0.0689 e. The molecule has 0 aliphatic rings. The third-order valence-electron chi connectivity index (χ3n) is 0. The van der Waals surface area contributed by atoms with Gasteiger partial charge in [0.25, 0.3) is 0 Å². The Labute approximate surface area is 72.3 Å². The molecule has 0 rings (SSSR count). The van der Waals surface area contributed by atoms with Crippen LogP contribution in [0.15, 0.2) is 0 Å². The second-order valence-electron chi connectivity index (χ2n) is 0.224. The van der Waals surface area contributed by atoms with E-state index in [-0.39, 0.29) is 52.0 Å². The molecule has 0 aromatic carbocycles. The Balaban J connectivity index is -0.00000000750. The molecule has 0 amide bonds. The first-order chi connectivity index (χ1) is 1.73. The third-order valence-corrected chi connectivity index (χ3v) is 0. The van der Waals surface area contributed by atoms with Gasteiger partial charge in [-0.1, -0.05) is 0 Å². The van der Waals surface area contributed by atoms with E-state index in [0.29, 0.717) is 0 Å². The van der Waals surface area contributed by atoms with Crippen molar-refractivity contribution in [1.29, 1.82) is 0 Å². The van der Waals surface area contributed by atoms with Crippen molar-refractivity contribution in [1.82, 2.24) is 0 Å². The van der Waals surface area contributed by atoms with E-state index in [1.807, 2.05) is 0 Å². The van der Waals surface area contributed by atoms with Gasteiger partial charge in [0.05, 0.1) is 5.09 Å². The molecule has 0 saturated heterocycles. The van der Waals surface area contributed by atoms with Crippen LogP contribution in [-0.4, -0.2) is 21.5 Å². The van der Waals surface area contributed by atoms with E-state index in [0.717, 1.165) is 0 Å². The van der Waals surface area contributed by atoms with Crippen LogP contribution in [0.3, 0.4) is 0 Å². The summed E-state index contributed by atoms with van der Waals surface area (Å²) in [5.41, 5.74) is 0.